The van der Waals surface area contributed by atoms with Crippen LogP contribution in [-0.2, 0) is 6.18 Å². The lowest BCUT2D eigenvalue weighted by atomic mass is 10.4. The zero-order valence-electron chi connectivity index (χ0n) is 10.8. The zero-order chi connectivity index (χ0) is 16.1. The van der Waals surface area contributed by atoms with Crippen LogP contribution < -0.4 is 0 Å². The van der Waals surface area contributed by atoms with E-state index in [1.165, 1.54) is 12.3 Å². The maximum Gasteiger partial charge on any atom is 0.453 e. The molecular formula is C10H6F3N7O2. The summed E-state index contributed by atoms with van der Waals surface area (Å²) in [5, 5.41) is 17.7. The average molecular weight is 313 g/mol. The van der Waals surface area contributed by atoms with Gasteiger partial charge in [-0.25, -0.2) is 4.98 Å². The van der Waals surface area contributed by atoms with E-state index in [9.17, 15) is 23.3 Å². The smallest absolute Gasteiger partial charge is 0.358 e. The van der Waals surface area contributed by atoms with Crippen molar-refractivity contribution in [3.05, 3.63) is 40.0 Å². The molecule has 0 amide bonds. The fourth-order valence-corrected chi connectivity index (χ4v) is 1.79. The molecule has 114 valence electrons. The van der Waals surface area contributed by atoms with Crippen molar-refractivity contribution in [3.8, 4) is 5.82 Å². The molecule has 0 fully saturated rings. The number of hydrogen-bond donors (Lipinski definition) is 0. The molecule has 3 rings (SSSR count). The van der Waals surface area contributed by atoms with Gasteiger partial charge in [-0.3, -0.25) is 0 Å². The summed E-state index contributed by atoms with van der Waals surface area (Å²) in [6.45, 7) is 1.54. The second kappa shape index (κ2) is 4.47. The Hall–Kier alpha value is -3.05. The zero-order valence-corrected chi connectivity index (χ0v) is 10.8. The van der Waals surface area contributed by atoms with E-state index >= 15 is 0 Å². The summed E-state index contributed by atoms with van der Waals surface area (Å²) < 4.78 is 39.9. The monoisotopic (exact) mass is 313 g/mol. The van der Waals surface area contributed by atoms with Crippen LogP contribution in [0.2, 0.25) is 0 Å². The van der Waals surface area contributed by atoms with Crippen molar-refractivity contribution in [2.45, 2.75) is 13.1 Å². The molecule has 0 aliphatic heterocycles. The van der Waals surface area contributed by atoms with Crippen molar-refractivity contribution in [2.24, 2.45) is 0 Å². The third kappa shape index (κ3) is 2.23. The Kier molecular flexibility index (Phi) is 2.83. The predicted molar refractivity (Wildman–Crippen MR) is 64.3 cm³/mol. The fourth-order valence-electron chi connectivity index (χ4n) is 1.79. The molecular weight excluding hydrogens is 307 g/mol. The van der Waals surface area contributed by atoms with Gasteiger partial charge in [0.1, 0.15) is 0 Å². The fraction of sp³-hybridized carbons (Fsp3) is 0.200. The van der Waals surface area contributed by atoms with Gasteiger partial charge in [0.15, 0.2) is 5.82 Å². The van der Waals surface area contributed by atoms with Gasteiger partial charge in [-0.15, -0.1) is 9.78 Å². The first kappa shape index (κ1) is 13.9. The highest BCUT2D eigenvalue weighted by molar-refractivity contribution is 5.39. The van der Waals surface area contributed by atoms with Crippen molar-refractivity contribution in [2.75, 3.05) is 0 Å². The summed E-state index contributed by atoms with van der Waals surface area (Å²) in [5.41, 5.74) is 0.363. The first-order valence-corrected chi connectivity index (χ1v) is 5.78. The Morgan fingerprint density at radius 1 is 1.27 bits per heavy atom. The molecule has 0 N–H and O–H groups in total. The number of fused-ring (bicyclic) bond motifs is 1. The molecule has 0 radical (unpaired) electrons. The Labute approximate surface area is 119 Å². The minimum atomic E-state index is -4.73. The molecule has 0 unspecified atom stereocenters. The molecule has 0 aromatic carbocycles. The highest BCUT2D eigenvalue weighted by Crippen LogP contribution is 2.27. The number of nitrogens with zero attached hydrogens (tertiary/aromatic N) is 7. The first-order chi connectivity index (χ1) is 10.3. The van der Waals surface area contributed by atoms with E-state index in [-0.39, 0.29) is 11.6 Å². The van der Waals surface area contributed by atoms with Gasteiger partial charge in [-0.05, 0) is 11.8 Å². The van der Waals surface area contributed by atoms with Gasteiger partial charge in [0, 0.05) is 11.8 Å². The SMILES string of the molecule is Cc1cc(-n2ccc([N+](=O)[O-])n2)n2nc(C(F)(F)F)nc2n1. The van der Waals surface area contributed by atoms with Crippen LogP contribution in [0.4, 0.5) is 19.0 Å². The van der Waals surface area contributed by atoms with Crippen molar-refractivity contribution in [1.82, 2.24) is 29.4 Å². The first-order valence-electron chi connectivity index (χ1n) is 5.78. The summed E-state index contributed by atoms with van der Waals surface area (Å²) in [6, 6.07) is 2.50. The predicted octanol–water partition coefficient (Wildman–Crippen LogP) is 1.55. The van der Waals surface area contributed by atoms with E-state index in [0.717, 1.165) is 15.3 Å². The Balaban J connectivity index is 2.23. The maximum atomic E-state index is 12.7. The van der Waals surface area contributed by atoms with Gasteiger partial charge in [-0.1, -0.05) is 0 Å². The van der Waals surface area contributed by atoms with Crippen LogP contribution in [-0.4, -0.2) is 34.3 Å². The topological polar surface area (TPSA) is 104 Å². The van der Waals surface area contributed by atoms with Crippen LogP contribution in [0, 0.1) is 17.0 Å². The molecule has 0 aliphatic rings. The van der Waals surface area contributed by atoms with Gasteiger partial charge >= 0.3 is 12.0 Å². The standard InChI is InChI=1S/C10H6F3N7O2/c1-5-4-7(18-3-2-6(16-18)20(21)22)19-9(14-5)15-8(17-19)10(11,12)13/h2-4H,1H3. The maximum absolute atomic E-state index is 12.7. The van der Waals surface area contributed by atoms with Crippen molar-refractivity contribution in [3.63, 3.8) is 0 Å². The van der Waals surface area contributed by atoms with Gasteiger partial charge < -0.3 is 10.1 Å². The Morgan fingerprint density at radius 2 is 2.00 bits per heavy atom. The molecule has 22 heavy (non-hydrogen) atoms. The number of aromatic nitrogens is 6. The summed E-state index contributed by atoms with van der Waals surface area (Å²) in [6.07, 6.45) is -3.49. The summed E-state index contributed by atoms with van der Waals surface area (Å²) in [4.78, 5) is 17.1. The number of halogens is 3. The number of nitro groups is 1. The third-order valence-corrected chi connectivity index (χ3v) is 2.67. The van der Waals surface area contributed by atoms with E-state index in [0.29, 0.717) is 5.69 Å². The second-order valence-electron chi connectivity index (χ2n) is 4.28. The molecule has 3 aromatic heterocycles. The Bertz CT molecular complexity index is 882. The molecule has 9 nitrogen and oxygen atoms in total. The summed E-state index contributed by atoms with van der Waals surface area (Å²) in [5.74, 6) is -2.02. The molecule has 3 aromatic rings. The summed E-state index contributed by atoms with van der Waals surface area (Å²) >= 11 is 0. The van der Waals surface area contributed by atoms with Gasteiger partial charge in [0.25, 0.3) is 11.6 Å². The number of aryl methyl sites for hydroxylation is 1. The minimum Gasteiger partial charge on any atom is -0.358 e. The van der Waals surface area contributed by atoms with Crippen LogP contribution in [0.25, 0.3) is 11.6 Å². The highest BCUT2D eigenvalue weighted by Gasteiger charge is 2.37. The second-order valence-corrected chi connectivity index (χ2v) is 4.28. The van der Waals surface area contributed by atoms with E-state index in [1.807, 2.05) is 0 Å². The van der Waals surface area contributed by atoms with Crippen molar-refractivity contribution >= 4 is 11.6 Å². The number of alkyl halides is 3. The highest BCUT2D eigenvalue weighted by atomic mass is 19.4. The van der Waals surface area contributed by atoms with Gasteiger partial charge in [-0.2, -0.15) is 22.7 Å². The Morgan fingerprint density at radius 3 is 2.59 bits per heavy atom. The number of rotatable bonds is 2. The minimum absolute atomic E-state index is 0.0543. The van der Waals surface area contributed by atoms with E-state index in [4.69, 9.17) is 0 Å². The molecule has 0 spiro atoms. The lowest BCUT2D eigenvalue weighted by Crippen LogP contribution is -2.09. The van der Waals surface area contributed by atoms with Crippen LogP contribution in [0.3, 0.4) is 0 Å². The van der Waals surface area contributed by atoms with Crippen LogP contribution in [0.15, 0.2) is 18.3 Å². The van der Waals surface area contributed by atoms with Gasteiger partial charge in [0.05, 0.1) is 17.4 Å². The largest absolute Gasteiger partial charge is 0.453 e. The quantitative estimate of drug-likeness (QED) is 0.525. The average Bonchev–Trinajstić information content (AvgIpc) is 3.03. The molecule has 0 atom stereocenters. The van der Waals surface area contributed by atoms with Crippen LogP contribution >= 0.6 is 0 Å². The van der Waals surface area contributed by atoms with Crippen LogP contribution in [0.1, 0.15) is 11.5 Å². The number of hydrogen-bond acceptors (Lipinski definition) is 6. The van der Waals surface area contributed by atoms with Crippen molar-refractivity contribution < 1.29 is 18.1 Å². The van der Waals surface area contributed by atoms with Gasteiger partial charge in [0.2, 0.25) is 0 Å². The van der Waals surface area contributed by atoms with E-state index in [2.05, 4.69) is 20.2 Å². The molecule has 0 aliphatic carbocycles. The normalized spacial score (nSPS) is 12.0. The lowest BCUT2D eigenvalue weighted by molar-refractivity contribution is -0.389. The molecule has 12 heteroatoms. The molecule has 0 bridgehead atoms. The molecule has 3 heterocycles. The lowest BCUT2D eigenvalue weighted by Gasteiger charge is -2.01. The third-order valence-electron chi connectivity index (χ3n) is 2.67. The van der Waals surface area contributed by atoms with E-state index < -0.39 is 22.7 Å². The van der Waals surface area contributed by atoms with E-state index in [1.54, 1.807) is 6.92 Å². The van der Waals surface area contributed by atoms with Crippen LogP contribution in [0.5, 0.6) is 0 Å². The molecule has 0 saturated carbocycles. The molecule has 0 saturated heterocycles. The van der Waals surface area contributed by atoms with Crippen molar-refractivity contribution in [1.29, 1.82) is 0 Å². The summed E-state index contributed by atoms with van der Waals surface area (Å²) in [7, 11) is 0.